The van der Waals surface area contributed by atoms with E-state index in [-0.39, 0.29) is 16.6 Å². The molecule has 1 aromatic rings. The molecule has 0 aliphatic carbocycles. The highest BCUT2D eigenvalue weighted by Crippen LogP contribution is 2.24. The Balaban J connectivity index is 2.76. The Morgan fingerprint density at radius 2 is 1.57 bits per heavy atom. The van der Waals surface area contributed by atoms with Crippen molar-refractivity contribution in [3.63, 3.8) is 0 Å². The van der Waals surface area contributed by atoms with Gasteiger partial charge in [-0.3, -0.25) is 4.72 Å². The van der Waals surface area contributed by atoms with Gasteiger partial charge in [-0.2, -0.15) is 0 Å². The van der Waals surface area contributed by atoms with E-state index in [1.807, 2.05) is 32.9 Å². The van der Waals surface area contributed by atoms with Crippen LogP contribution in [0.2, 0.25) is 0 Å². The summed E-state index contributed by atoms with van der Waals surface area (Å²) in [6.45, 7) is 10.8. The summed E-state index contributed by atoms with van der Waals surface area (Å²) in [5.74, 6) is 0.131. The first-order valence-electron chi connectivity index (χ1n) is 7.26. The Kier molecular flexibility index (Phi) is 5.45. The van der Waals surface area contributed by atoms with E-state index in [9.17, 15) is 8.42 Å². The van der Waals surface area contributed by atoms with Crippen LogP contribution in [0.3, 0.4) is 0 Å². The summed E-state index contributed by atoms with van der Waals surface area (Å²) in [7, 11) is -3.30. The van der Waals surface area contributed by atoms with Crippen molar-refractivity contribution in [1.29, 1.82) is 0 Å². The predicted molar refractivity (Wildman–Crippen MR) is 90.0 cm³/mol. The Bertz CT molecular complexity index is 555. The van der Waals surface area contributed by atoms with Gasteiger partial charge < -0.3 is 5.73 Å². The minimum atomic E-state index is -3.30. The summed E-state index contributed by atoms with van der Waals surface area (Å²) in [6, 6.07) is 7.44. The fourth-order valence-electron chi connectivity index (χ4n) is 1.78. The predicted octanol–water partition coefficient (Wildman–Crippen LogP) is 3.10. The molecule has 0 unspecified atom stereocenters. The molecule has 1 aromatic carbocycles. The first-order valence-corrected chi connectivity index (χ1v) is 8.92. The molecule has 21 heavy (non-hydrogen) atoms. The van der Waals surface area contributed by atoms with Crippen LogP contribution in [0.4, 0.5) is 5.69 Å². The normalized spacial score (nSPS) is 13.2. The number of benzene rings is 1. The molecule has 0 spiro atoms. The molecular weight excluding hydrogens is 284 g/mol. The van der Waals surface area contributed by atoms with E-state index < -0.39 is 10.0 Å². The molecule has 1 rings (SSSR count). The lowest BCUT2D eigenvalue weighted by atomic mass is 9.85. The molecule has 0 atom stereocenters. The van der Waals surface area contributed by atoms with Gasteiger partial charge in [-0.15, -0.1) is 0 Å². The van der Waals surface area contributed by atoms with Gasteiger partial charge in [0.2, 0.25) is 10.0 Å². The van der Waals surface area contributed by atoms with Gasteiger partial charge in [0.05, 0.1) is 5.75 Å². The lowest BCUT2D eigenvalue weighted by Crippen LogP contribution is -2.28. The molecule has 0 saturated carbocycles. The van der Waals surface area contributed by atoms with Crippen molar-refractivity contribution in [3.05, 3.63) is 29.8 Å². The summed E-state index contributed by atoms with van der Waals surface area (Å²) in [6.07, 6.45) is 0.626. The first-order chi connectivity index (χ1) is 9.45. The summed E-state index contributed by atoms with van der Waals surface area (Å²) in [5.41, 5.74) is 7.34. The largest absolute Gasteiger partial charge is 0.330 e. The smallest absolute Gasteiger partial charge is 0.232 e. The fraction of sp³-hybridized carbons (Fsp3) is 0.625. The molecule has 0 fully saturated rings. The van der Waals surface area contributed by atoms with E-state index in [2.05, 4.69) is 18.6 Å². The first kappa shape index (κ1) is 18.0. The molecule has 0 aromatic heterocycles. The van der Waals surface area contributed by atoms with Gasteiger partial charge in [-0.25, -0.2) is 8.42 Å². The van der Waals surface area contributed by atoms with Crippen molar-refractivity contribution < 1.29 is 8.42 Å². The van der Waals surface area contributed by atoms with Crippen LogP contribution in [-0.4, -0.2) is 20.7 Å². The van der Waals surface area contributed by atoms with E-state index in [4.69, 9.17) is 5.73 Å². The van der Waals surface area contributed by atoms with Crippen molar-refractivity contribution >= 4 is 15.7 Å². The lowest BCUT2D eigenvalue weighted by molar-refractivity contribution is 0.397. The van der Waals surface area contributed by atoms with Gasteiger partial charge in [0.25, 0.3) is 0 Å². The summed E-state index contributed by atoms with van der Waals surface area (Å²) in [4.78, 5) is 0. The molecule has 4 nitrogen and oxygen atoms in total. The number of sulfonamides is 1. The third-order valence-corrected chi connectivity index (χ3v) is 4.86. The molecule has 0 saturated heterocycles. The van der Waals surface area contributed by atoms with E-state index in [1.165, 1.54) is 0 Å². The zero-order valence-corrected chi connectivity index (χ0v) is 14.5. The number of rotatable bonds is 6. The number of hydrogen-bond donors (Lipinski definition) is 2. The standard InChI is InChI=1S/C16H28N2O2S/c1-15(2,3)10-11-21(19,20)18-14-8-6-13(7-9-14)16(4,5)12-17/h6-9,18H,10-12,17H2,1-5H3. The Labute approximate surface area is 129 Å². The van der Waals surface area contributed by atoms with Crippen LogP contribution in [0.5, 0.6) is 0 Å². The van der Waals surface area contributed by atoms with Gasteiger partial charge in [-0.05, 0) is 29.5 Å². The second-order valence-electron chi connectivity index (χ2n) is 7.40. The average Bonchev–Trinajstić information content (AvgIpc) is 2.36. The molecule has 0 aliphatic heterocycles. The monoisotopic (exact) mass is 312 g/mol. The van der Waals surface area contributed by atoms with E-state index in [0.29, 0.717) is 18.7 Å². The lowest BCUT2D eigenvalue weighted by Gasteiger charge is -2.23. The van der Waals surface area contributed by atoms with Crippen molar-refractivity contribution in [2.24, 2.45) is 11.1 Å². The number of hydrogen-bond acceptors (Lipinski definition) is 3. The van der Waals surface area contributed by atoms with E-state index in [0.717, 1.165) is 5.56 Å². The quantitative estimate of drug-likeness (QED) is 0.848. The maximum atomic E-state index is 12.1. The minimum absolute atomic E-state index is 0.00373. The van der Waals surface area contributed by atoms with E-state index in [1.54, 1.807) is 12.1 Å². The van der Waals surface area contributed by atoms with E-state index >= 15 is 0 Å². The van der Waals surface area contributed by atoms with Crippen LogP contribution >= 0.6 is 0 Å². The Hall–Kier alpha value is -1.07. The number of nitrogens with one attached hydrogen (secondary N) is 1. The number of nitrogens with two attached hydrogens (primary N) is 1. The maximum Gasteiger partial charge on any atom is 0.232 e. The van der Waals surface area contributed by atoms with Crippen LogP contribution in [0, 0.1) is 5.41 Å². The third kappa shape index (κ3) is 6.06. The van der Waals surface area contributed by atoms with Gasteiger partial charge in [0.15, 0.2) is 0 Å². The van der Waals surface area contributed by atoms with Gasteiger partial charge in [0.1, 0.15) is 0 Å². The summed E-state index contributed by atoms with van der Waals surface area (Å²) < 4.78 is 26.7. The summed E-state index contributed by atoms with van der Waals surface area (Å²) >= 11 is 0. The van der Waals surface area contributed by atoms with Gasteiger partial charge in [0, 0.05) is 17.6 Å². The summed E-state index contributed by atoms with van der Waals surface area (Å²) in [5, 5.41) is 0. The van der Waals surface area contributed by atoms with Crippen LogP contribution in [0.1, 0.15) is 46.6 Å². The molecule has 0 bridgehead atoms. The highest BCUT2D eigenvalue weighted by Gasteiger charge is 2.19. The highest BCUT2D eigenvalue weighted by atomic mass is 32.2. The molecular formula is C16H28N2O2S. The SMILES string of the molecule is CC(C)(C)CCS(=O)(=O)Nc1ccc(C(C)(C)CN)cc1. The Morgan fingerprint density at radius 1 is 1.05 bits per heavy atom. The van der Waals surface area contributed by atoms with Crippen molar-refractivity contribution in [3.8, 4) is 0 Å². The van der Waals surface area contributed by atoms with Gasteiger partial charge >= 0.3 is 0 Å². The second-order valence-corrected chi connectivity index (χ2v) is 9.24. The average molecular weight is 312 g/mol. The molecule has 120 valence electrons. The molecule has 5 heteroatoms. The zero-order chi connectivity index (χ0) is 16.3. The highest BCUT2D eigenvalue weighted by molar-refractivity contribution is 7.92. The molecule has 0 amide bonds. The van der Waals surface area contributed by atoms with Crippen LogP contribution in [0.25, 0.3) is 0 Å². The molecule has 0 radical (unpaired) electrons. The van der Waals surface area contributed by atoms with Crippen molar-refractivity contribution in [2.45, 2.75) is 46.5 Å². The molecule has 0 heterocycles. The molecule has 3 N–H and O–H groups in total. The van der Waals surface area contributed by atoms with Crippen LogP contribution < -0.4 is 10.5 Å². The maximum absolute atomic E-state index is 12.1. The second kappa shape index (κ2) is 6.36. The minimum Gasteiger partial charge on any atom is -0.330 e. The van der Waals surface area contributed by atoms with Gasteiger partial charge in [-0.1, -0.05) is 46.8 Å². The van der Waals surface area contributed by atoms with Crippen LogP contribution in [-0.2, 0) is 15.4 Å². The number of anilines is 1. The topological polar surface area (TPSA) is 72.2 Å². The third-order valence-electron chi connectivity index (χ3n) is 3.57. The zero-order valence-electron chi connectivity index (χ0n) is 13.7. The Morgan fingerprint density at radius 3 is 2.00 bits per heavy atom. The molecule has 0 aliphatic rings. The van der Waals surface area contributed by atoms with Crippen LogP contribution in [0.15, 0.2) is 24.3 Å². The van der Waals surface area contributed by atoms with Crippen molar-refractivity contribution in [1.82, 2.24) is 0 Å². The van der Waals surface area contributed by atoms with Crippen molar-refractivity contribution in [2.75, 3.05) is 17.0 Å². The fourth-order valence-corrected chi connectivity index (χ4v) is 3.26.